The monoisotopic (exact) mass is 263 g/mol. The van der Waals surface area contributed by atoms with Gasteiger partial charge in [-0.05, 0) is 31.3 Å². The molecule has 4 heteroatoms. The fourth-order valence-corrected chi connectivity index (χ4v) is 2.90. The first kappa shape index (κ1) is 13.3. The Labute approximate surface area is 113 Å². The van der Waals surface area contributed by atoms with Gasteiger partial charge in [-0.15, -0.1) is 11.3 Å². The first-order valence-corrected chi connectivity index (χ1v) is 7.43. The van der Waals surface area contributed by atoms with Crippen LogP contribution in [-0.4, -0.2) is 16.1 Å². The van der Waals surface area contributed by atoms with E-state index in [9.17, 15) is 0 Å². The van der Waals surface area contributed by atoms with Crippen molar-refractivity contribution in [2.75, 3.05) is 6.54 Å². The SMILES string of the molecule is CCCNCc1cncn1C(C)Cc1cccs1. The van der Waals surface area contributed by atoms with E-state index >= 15 is 0 Å². The van der Waals surface area contributed by atoms with Gasteiger partial charge in [-0.25, -0.2) is 4.98 Å². The molecule has 98 valence electrons. The van der Waals surface area contributed by atoms with Crippen LogP contribution in [0.1, 0.15) is 36.9 Å². The lowest BCUT2D eigenvalue weighted by atomic mass is 10.2. The number of imidazole rings is 1. The first-order valence-electron chi connectivity index (χ1n) is 6.55. The topological polar surface area (TPSA) is 29.9 Å². The smallest absolute Gasteiger partial charge is 0.0951 e. The van der Waals surface area contributed by atoms with Gasteiger partial charge in [-0.3, -0.25) is 0 Å². The molecule has 0 aromatic carbocycles. The molecule has 0 radical (unpaired) electrons. The molecule has 0 fully saturated rings. The maximum atomic E-state index is 4.28. The molecule has 0 aliphatic carbocycles. The minimum atomic E-state index is 0.463. The van der Waals surface area contributed by atoms with Crippen molar-refractivity contribution >= 4 is 11.3 Å². The average molecular weight is 263 g/mol. The van der Waals surface area contributed by atoms with E-state index in [0.29, 0.717) is 6.04 Å². The Kier molecular flexibility index (Phi) is 4.96. The summed E-state index contributed by atoms with van der Waals surface area (Å²) in [6.07, 6.45) is 6.16. The fourth-order valence-electron chi connectivity index (χ4n) is 2.08. The van der Waals surface area contributed by atoms with Crippen LogP contribution < -0.4 is 5.32 Å². The number of aromatic nitrogens is 2. The molecule has 0 bridgehead atoms. The summed E-state index contributed by atoms with van der Waals surface area (Å²) in [5, 5.41) is 5.57. The second kappa shape index (κ2) is 6.71. The summed E-state index contributed by atoms with van der Waals surface area (Å²) in [5.74, 6) is 0. The number of rotatable bonds is 7. The minimum absolute atomic E-state index is 0.463. The molecule has 2 rings (SSSR count). The zero-order valence-corrected chi connectivity index (χ0v) is 11.9. The van der Waals surface area contributed by atoms with Gasteiger partial charge >= 0.3 is 0 Å². The third kappa shape index (κ3) is 3.43. The molecule has 2 heterocycles. The lowest BCUT2D eigenvalue weighted by Gasteiger charge is -2.16. The van der Waals surface area contributed by atoms with Crippen LogP contribution in [0.4, 0.5) is 0 Å². The molecule has 0 saturated heterocycles. The Bertz CT molecular complexity index is 447. The Morgan fingerprint density at radius 3 is 3.11 bits per heavy atom. The van der Waals surface area contributed by atoms with E-state index in [1.54, 1.807) is 0 Å². The number of hydrogen-bond donors (Lipinski definition) is 1. The van der Waals surface area contributed by atoms with Gasteiger partial charge < -0.3 is 9.88 Å². The summed E-state index contributed by atoms with van der Waals surface area (Å²) >= 11 is 1.83. The van der Waals surface area contributed by atoms with Crippen molar-refractivity contribution in [1.29, 1.82) is 0 Å². The number of hydrogen-bond acceptors (Lipinski definition) is 3. The second-order valence-electron chi connectivity index (χ2n) is 4.60. The van der Waals surface area contributed by atoms with Gasteiger partial charge in [0.1, 0.15) is 0 Å². The second-order valence-corrected chi connectivity index (χ2v) is 5.63. The Morgan fingerprint density at radius 1 is 1.50 bits per heavy atom. The van der Waals surface area contributed by atoms with Crippen molar-refractivity contribution in [1.82, 2.24) is 14.9 Å². The summed E-state index contributed by atoms with van der Waals surface area (Å²) < 4.78 is 2.28. The molecule has 1 N–H and O–H groups in total. The van der Waals surface area contributed by atoms with Crippen molar-refractivity contribution in [2.24, 2.45) is 0 Å². The van der Waals surface area contributed by atoms with Gasteiger partial charge in [0.05, 0.1) is 12.0 Å². The van der Waals surface area contributed by atoms with E-state index in [0.717, 1.165) is 19.5 Å². The van der Waals surface area contributed by atoms with Crippen LogP contribution in [0.25, 0.3) is 0 Å². The zero-order valence-electron chi connectivity index (χ0n) is 11.1. The first-order chi connectivity index (χ1) is 8.81. The molecule has 1 atom stereocenters. The standard InChI is InChI=1S/C14H21N3S/c1-3-6-15-9-13-10-16-11-17(13)12(2)8-14-5-4-7-18-14/h4-5,7,10-12,15H,3,6,8-9H2,1-2H3. The van der Waals surface area contributed by atoms with Crippen LogP contribution in [0.5, 0.6) is 0 Å². The van der Waals surface area contributed by atoms with Gasteiger partial charge in [0.2, 0.25) is 0 Å². The maximum Gasteiger partial charge on any atom is 0.0951 e. The predicted molar refractivity (Wildman–Crippen MR) is 77.0 cm³/mol. The van der Waals surface area contributed by atoms with E-state index in [2.05, 4.69) is 46.2 Å². The number of nitrogens with one attached hydrogen (secondary N) is 1. The molecule has 18 heavy (non-hydrogen) atoms. The van der Waals surface area contributed by atoms with Crippen LogP contribution in [0.3, 0.4) is 0 Å². The van der Waals surface area contributed by atoms with E-state index in [1.165, 1.54) is 17.0 Å². The Morgan fingerprint density at radius 2 is 2.39 bits per heavy atom. The minimum Gasteiger partial charge on any atom is -0.330 e. The highest BCUT2D eigenvalue weighted by Gasteiger charge is 2.10. The third-order valence-electron chi connectivity index (χ3n) is 3.03. The molecule has 2 aromatic rings. The van der Waals surface area contributed by atoms with Crippen molar-refractivity contribution in [2.45, 2.75) is 39.3 Å². The van der Waals surface area contributed by atoms with E-state index in [4.69, 9.17) is 0 Å². The zero-order chi connectivity index (χ0) is 12.8. The summed E-state index contributed by atoms with van der Waals surface area (Å²) in [6.45, 7) is 6.40. The highest BCUT2D eigenvalue weighted by molar-refractivity contribution is 7.09. The van der Waals surface area contributed by atoms with Crippen LogP contribution in [0.15, 0.2) is 30.0 Å². The molecular weight excluding hydrogens is 242 g/mol. The Balaban J connectivity index is 1.97. The van der Waals surface area contributed by atoms with Gasteiger partial charge in [0, 0.05) is 30.1 Å². The van der Waals surface area contributed by atoms with E-state index < -0.39 is 0 Å². The molecule has 0 amide bonds. The summed E-state index contributed by atoms with van der Waals surface area (Å²) in [4.78, 5) is 5.71. The van der Waals surface area contributed by atoms with Gasteiger partial charge in [-0.2, -0.15) is 0 Å². The van der Waals surface area contributed by atoms with Crippen molar-refractivity contribution < 1.29 is 0 Å². The molecule has 2 aromatic heterocycles. The average Bonchev–Trinajstić information content (AvgIpc) is 3.00. The lowest BCUT2D eigenvalue weighted by Crippen LogP contribution is -2.18. The highest BCUT2D eigenvalue weighted by Crippen LogP contribution is 2.19. The van der Waals surface area contributed by atoms with Gasteiger partial charge in [-0.1, -0.05) is 13.0 Å². The van der Waals surface area contributed by atoms with Crippen molar-refractivity contribution in [3.05, 3.63) is 40.6 Å². The van der Waals surface area contributed by atoms with Crippen LogP contribution >= 0.6 is 11.3 Å². The van der Waals surface area contributed by atoms with E-state index in [1.807, 2.05) is 23.9 Å². The predicted octanol–water partition coefficient (Wildman–Crippen LogP) is 3.25. The van der Waals surface area contributed by atoms with Crippen LogP contribution in [0.2, 0.25) is 0 Å². The summed E-state index contributed by atoms with van der Waals surface area (Å²) in [5.41, 5.74) is 1.27. The van der Waals surface area contributed by atoms with Crippen molar-refractivity contribution in [3.63, 3.8) is 0 Å². The van der Waals surface area contributed by atoms with Gasteiger partial charge in [0.25, 0.3) is 0 Å². The van der Waals surface area contributed by atoms with Crippen LogP contribution in [-0.2, 0) is 13.0 Å². The summed E-state index contributed by atoms with van der Waals surface area (Å²) in [7, 11) is 0. The maximum absolute atomic E-state index is 4.28. The molecule has 0 aliphatic rings. The Hall–Kier alpha value is -1.13. The normalized spacial score (nSPS) is 12.8. The number of thiophene rings is 1. The van der Waals surface area contributed by atoms with Gasteiger partial charge in [0.15, 0.2) is 0 Å². The highest BCUT2D eigenvalue weighted by atomic mass is 32.1. The molecule has 3 nitrogen and oxygen atoms in total. The molecular formula is C14H21N3S. The van der Waals surface area contributed by atoms with Crippen molar-refractivity contribution in [3.8, 4) is 0 Å². The largest absolute Gasteiger partial charge is 0.330 e. The molecule has 0 saturated carbocycles. The number of nitrogens with zero attached hydrogens (tertiary/aromatic N) is 2. The van der Waals surface area contributed by atoms with E-state index in [-0.39, 0.29) is 0 Å². The summed E-state index contributed by atoms with van der Waals surface area (Å²) in [6, 6.07) is 4.78. The molecule has 1 unspecified atom stereocenters. The molecule has 0 aliphatic heterocycles. The molecule has 0 spiro atoms. The third-order valence-corrected chi connectivity index (χ3v) is 3.93. The fraction of sp³-hybridized carbons (Fsp3) is 0.500. The lowest BCUT2D eigenvalue weighted by molar-refractivity contribution is 0.513. The quantitative estimate of drug-likeness (QED) is 0.777. The van der Waals surface area contributed by atoms with Crippen LogP contribution in [0, 0.1) is 0 Å².